The lowest BCUT2D eigenvalue weighted by molar-refractivity contribution is -0.384. The third kappa shape index (κ3) is 3.09. The molecule has 1 aliphatic rings. The van der Waals surface area contributed by atoms with Crippen LogP contribution in [0.15, 0.2) is 24.3 Å². The number of rotatable bonds is 4. The molecular weight excluding hydrogens is 243 g/mol. The Morgan fingerprint density at radius 1 is 1.47 bits per heavy atom. The van der Waals surface area contributed by atoms with Crippen molar-refractivity contribution >= 4 is 24.9 Å². The molecule has 2 rings (SSSR count). The van der Waals surface area contributed by atoms with Crippen molar-refractivity contribution in [3.05, 3.63) is 45.5 Å². The van der Waals surface area contributed by atoms with E-state index in [1.807, 2.05) is 11.7 Å². The standard InChI is InChI=1S/C13H14BN2O3/c1-10-8-12(16(18)19)2-3-13(10)11-4-6-15(7-5-11)14-9-17/h2-4,8-9H,5-7H2,1H3. The number of aryl methyl sites for hydroxylation is 1. The first-order valence-corrected chi connectivity index (χ1v) is 6.09. The van der Waals surface area contributed by atoms with Crippen LogP contribution in [0.4, 0.5) is 5.69 Å². The summed E-state index contributed by atoms with van der Waals surface area (Å²) in [5, 5.41) is 10.7. The minimum absolute atomic E-state index is 0.119. The molecule has 0 saturated heterocycles. The average Bonchev–Trinajstić information content (AvgIpc) is 2.40. The van der Waals surface area contributed by atoms with E-state index in [-0.39, 0.29) is 10.6 Å². The number of hydrogen-bond donors (Lipinski definition) is 0. The van der Waals surface area contributed by atoms with Gasteiger partial charge in [-0.05, 0) is 42.7 Å². The molecule has 0 N–H and O–H groups in total. The molecule has 19 heavy (non-hydrogen) atoms. The SMILES string of the molecule is Cc1cc([N+](=O)[O-])ccc1C1=CCN([B]C=O)CC1. The summed E-state index contributed by atoms with van der Waals surface area (Å²) in [6.07, 6.45) is 3.69. The van der Waals surface area contributed by atoms with Gasteiger partial charge in [-0.1, -0.05) is 6.08 Å². The molecule has 0 atom stereocenters. The van der Waals surface area contributed by atoms with Crippen molar-refractivity contribution in [2.45, 2.75) is 13.3 Å². The summed E-state index contributed by atoms with van der Waals surface area (Å²) in [7, 11) is 1.54. The third-order valence-corrected chi connectivity index (χ3v) is 3.28. The number of nitro groups is 1. The van der Waals surface area contributed by atoms with Crippen LogP contribution < -0.4 is 0 Å². The monoisotopic (exact) mass is 257 g/mol. The van der Waals surface area contributed by atoms with E-state index >= 15 is 0 Å². The number of hydrogen-bond acceptors (Lipinski definition) is 4. The molecule has 1 heterocycles. The summed E-state index contributed by atoms with van der Waals surface area (Å²) in [5.41, 5.74) is 3.26. The van der Waals surface area contributed by atoms with Crippen LogP contribution in [-0.4, -0.2) is 36.4 Å². The van der Waals surface area contributed by atoms with Gasteiger partial charge in [-0.25, -0.2) is 0 Å². The fourth-order valence-corrected chi connectivity index (χ4v) is 2.27. The molecule has 0 spiro atoms. The first kappa shape index (κ1) is 13.5. The van der Waals surface area contributed by atoms with E-state index in [0.29, 0.717) is 6.54 Å². The fraction of sp³-hybridized carbons (Fsp3) is 0.308. The average molecular weight is 257 g/mol. The molecule has 0 aromatic heterocycles. The van der Waals surface area contributed by atoms with Gasteiger partial charge >= 0.3 is 0 Å². The summed E-state index contributed by atoms with van der Waals surface area (Å²) >= 11 is 0. The van der Waals surface area contributed by atoms with Gasteiger partial charge in [0, 0.05) is 18.7 Å². The van der Waals surface area contributed by atoms with E-state index in [2.05, 4.69) is 6.08 Å². The van der Waals surface area contributed by atoms with Gasteiger partial charge in [-0.15, -0.1) is 0 Å². The molecule has 5 nitrogen and oxygen atoms in total. The van der Waals surface area contributed by atoms with Crippen LogP contribution in [0.3, 0.4) is 0 Å². The Morgan fingerprint density at radius 2 is 2.26 bits per heavy atom. The molecule has 0 aliphatic carbocycles. The normalized spacial score (nSPS) is 15.7. The highest BCUT2D eigenvalue weighted by atomic mass is 16.6. The summed E-state index contributed by atoms with van der Waals surface area (Å²) in [6.45, 7) is 3.37. The second-order valence-corrected chi connectivity index (χ2v) is 4.52. The van der Waals surface area contributed by atoms with Crippen molar-refractivity contribution in [1.29, 1.82) is 0 Å². The van der Waals surface area contributed by atoms with Crippen molar-refractivity contribution in [1.82, 2.24) is 4.81 Å². The van der Waals surface area contributed by atoms with Crippen molar-refractivity contribution in [2.24, 2.45) is 0 Å². The summed E-state index contributed by atoms with van der Waals surface area (Å²) in [5.74, 6) is 0. The number of benzene rings is 1. The Hall–Kier alpha value is -1.95. The molecule has 1 aromatic rings. The van der Waals surface area contributed by atoms with Gasteiger partial charge < -0.3 is 9.61 Å². The summed E-state index contributed by atoms with van der Waals surface area (Å²) < 4.78 is 0. The Morgan fingerprint density at radius 3 is 2.79 bits per heavy atom. The van der Waals surface area contributed by atoms with E-state index in [9.17, 15) is 14.9 Å². The Bertz CT molecular complexity index is 543. The Kier molecular flexibility index (Phi) is 4.11. The van der Waals surface area contributed by atoms with E-state index in [1.54, 1.807) is 12.1 Å². The highest BCUT2D eigenvalue weighted by Gasteiger charge is 2.16. The lowest BCUT2D eigenvalue weighted by atomic mass is 9.88. The number of carbonyl (C=O) groups excluding carboxylic acids is 1. The Balaban J connectivity index is 2.19. The summed E-state index contributed by atoms with van der Waals surface area (Å²) in [6, 6.07) is 4.94. The predicted molar refractivity (Wildman–Crippen MR) is 74.5 cm³/mol. The van der Waals surface area contributed by atoms with Gasteiger partial charge in [-0.3, -0.25) is 10.1 Å². The summed E-state index contributed by atoms with van der Waals surface area (Å²) in [4.78, 5) is 22.7. The van der Waals surface area contributed by atoms with Crippen LogP contribution in [0.1, 0.15) is 17.5 Å². The molecule has 0 unspecified atom stereocenters. The van der Waals surface area contributed by atoms with Gasteiger partial charge in [0.1, 0.15) is 0 Å². The van der Waals surface area contributed by atoms with E-state index in [4.69, 9.17) is 0 Å². The minimum Gasteiger partial charge on any atom is -0.336 e. The quantitative estimate of drug-likeness (QED) is 0.357. The second kappa shape index (κ2) is 5.80. The van der Waals surface area contributed by atoms with E-state index < -0.39 is 0 Å². The topological polar surface area (TPSA) is 63.5 Å². The van der Waals surface area contributed by atoms with Crippen LogP contribution >= 0.6 is 0 Å². The maximum absolute atomic E-state index is 10.7. The first-order valence-electron chi connectivity index (χ1n) is 6.09. The first-order chi connectivity index (χ1) is 9.11. The van der Waals surface area contributed by atoms with Crippen LogP contribution in [0, 0.1) is 17.0 Å². The van der Waals surface area contributed by atoms with Crippen LogP contribution in [0.2, 0.25) is 0 Å². The van der Waals surface area contributed by atoms with Gasteiger partial charge in [0.05, 0.1) is 11.1 Å². The molecule has 1 aromatic carbocycles. The molecule has 1 radical (unpaired) electrons. The zero-order valence-electron chi connectivity index (χ0n) is 10.7. The molecule has 0 fully saturated rings. The molecule has 1 aliphatic heterocycles. The number of carbonyl (C=O) groups is 1. The highest BCUT2D eigenvalue weighted by Crippen LogP contribution is 2.27. The van der Waals surface area contributed by atoms with Gasteiger partial charge in [0.15, 0.2) is 0 Å². The van der Waals surface area contributed by atoms with Crippen molar-refractivity contribution in [3.63, 3.8) is 0 Å². The van der Waals surface area contributed by atoms with Crippen molar-refractivity contribution in [3.8, 4) is 0 Å². The lowest BCUT2D eigenvalue weighted by Gasteiger charge is -2.24. The van der Waals surface area contributed by atoms with Crippen molar-refractivity contribution in [2.75, 3.05) is 13.1 Å². The fourth-order valence-electron chi connectivity index (χ4n) is 2.27. The predicted octanol–water partition coefficient (Wildman–Crippen LogP) is 1.80. The second-order valence-electron chi connectivity index (χ2n) is 4.52. The molecule has 0 saturated carbocycles. The van der Waals surface area contributed by atoms with Gasteiger partial charge in [-0.2, -0.15) is 0 Å². The smallest absolute Gasteiger partial charge is 0.293 e. The van der Waals surface area contributed by atoms with Gasteiger partial charge in [0.25, 0.3) is 13.1 Å². The van der Waals surface area contributed by atoms with Crippen LogP contribution in [0.5, 0.6) is 0 Å². The number of non-ortho nitro benzene ring substituents is 1. The van der Waals surface area contributed by atoms with E-state index in [1.165, 1.54) is 19.1 Å². The molecule has 0 bridgehead atoms. The zero-order valence-corrected chi connectivity index (χ0v) is 10.7. The number of nitro benzene ring substituents is 1. The van der Waals surface area contributed by atoms with E-state index in [0.717, 1.165) is 30.3 Å². The lowest BCUT2D eigenvalue weighted by Crippen LogP contribution is -2.32. The van der Waals surface area contributed by atoms with Crippen LogP contribution in [-0.2, 0) is 4.79 Å². The highest BCUT2D eigenvalue weighted by molar-refractivity contribution is 6.64. The van der Waals surface area contributed by atoms with Crippen LogP contribution in [0.25, 0.3) is 5.57 Å². The molecular formula is C13H14BN2O3. The van der Waals surface area contributed by atoms with Crippen molar-refractivity contribution < 1.29 is 9.72 Å². The minimum atomic E-state index is -0.382. The van der Waals surface area contributed by atoms with Gasteiger partial charge in [0.2, 0.25) is 0 Å². The maximum Gasteiger partial charge on any atom is 0.293 e. The Labute approximate surface area is 112 Å². The zero-order chi connectivity index (χ0) is 13.8. The maximum atomic E-state index is 10.7. The third-order valence-electron chi connectivity index (χ3n) is 3.28. The molecule has 97 valence electrons. The number of nitrogens with zero attached hydrogens (tertiary/aromatic N) is 2. The molecule has 0 amide bonds. The molecule has 6 heteroatoms. The largest absolute Gasteiger partial charge is 0.336 e.